The van der Waals surface area contributed by atoms with Crippen LogP contribution in [0.15, 0.2) is 176 Å². The highest BCUT2D eigenvalue weighted by molar-refractivity contribution is 5.85. The summed E-state index contributed by atoms with van der Waals surface area (Å²) in [6, 6.07) is 37.5. The number of methoxy groups -OCH3 is 6. The summed E-state index contributed by atoms with van der Waals surface area (Å²) in [5.74, 6) is 5.05. The van der Waals surface area contributed by atoms with E-state index >= 15 is 0 Å². The Balaban J connectivity index is 0.000000137. The van der Waals surface area contributed by atoms with Crippen LogP contribution in [0.4, 0.5) is 34.1 Å². The van der Waals surface area contributed by atoms with Crippen LogP contribution in [0.3, 0.4) is 0 Å². The zero-order valence-corrected chi connectivity index (χ0v) is 54.7. The minimum atomic E-state index is 0.158. The van der Waals surface area contributed by atoms with Crippen molar-refractivity contribution in [2.45, 2.75) is 32.4 Å². The van der Waals surface area contributed by atoms with Crippen LogP contribution in [-0.4, -0.2) is 133 Å². The minimum Gasteiger partial charge on any atom is -0.497 e. The Kier molecular flexibility index (Phi) is 19.0. The van der Waals surface area contributed by atoms with Crippen LogP contribution in [0.25, 0.3) is 66.9 Å². The molecule has 484 valence electrons. The number of anilines is 6. The van der Waals surface area contributed by atoms with Crippen molar-refractivity contribution in [3.63, 3.8) is 0 Å². The van der Waals surface area contributed by atoms with E-state index in [1.54, 1.807) is 93.9 Å². The van der Waals surface area contributed by atoms with Crippen molar-refractivity contribution in [3.05, 3.63) is 182 Å². The molecule has 0 amide bonds. The van der Waals surface area contributed by atoms with Crippen LogP contribution in [0, 0.1) is 6.92 Å². The number of benzene rings is 6. The maximum absolute atomic E-state index is 5.96. The van der Waals surface area contributed by atoms with Crippen molar-refractivity contribution in [2.75, 3.05) is 77.6 Å². The zero-order valence-electron chi connectivity index (χ0n) is 54.7. The maximum Gasteiger partial charge on any atom is 0.156 e. The SMILES string of the molecule is COc1cc(OC)cc(N(C)c2ccc3ncc(-c4cnn(C)c4)nc3c2)c1.COc1cc(OC)cc(N(CC2CCCO2)c2ccc3ncc(-c4cnn(C)c4)nc3c2)c1.COc1cc(OC)cc(N(Cc2cc(C)no2)c2ccc3ncc(-c4cnn(C)c4)nc3c2)c1. The Morgan fingerprint density at radius 1 is 0.442 bits per heavy atom. The van der Waals surface area contributed by atoms with Crippen molar-refractivity contribution in [2.24, 2.45) is 21.1 Å². The molecule has 1 aliphatic rings. The van der Waals surface area contributed by atoms with E-state index in [0.29, 0.717) is 18.0 Å². The third kappa shape index (κ3) is 14.8. The van der Waals surface area contributed by atoms with E-state index in [0.717, 1.165) is 161 Å². The van der Waals surface area contributed by atoms with Crippen LogP contribution in [0.5, 0.6) is 34.5 Å². The van der Waals surface area contributed by atoms with E-state index in [1.165, 1.54) is 0 Å². The fraction of sp³-hybridized carbons (Fsp3) is 0.239. The topological polar surface area (TPSA) is 231 Å². The first-order valence-electron chi connectivity index (χ1n) is 30.5. The largest absolute Gasteiger partial charge is 0.497 e. The maximum atomic E-state index is 5.96. The van der Waals surface area contributed by atoms with Crippen LogP contribution in [0.1, 0.15) is 24.3 Å². The molecule has 1 aliphatic heterocycles. The smallest absolute Gasteiger partial charge is 0.156 e. The molecule has 0 spiro atoms. The predicted molar refractivity (Wildman–Crippen MR) is 365 cm³/mol. The third-order valence-corrected chi connectivity index (χ3v) is 16.0. The van der Waals surface area contributed by atoms with Crippen LogP contribution < -0.4 is 43.1 Å². The van der Waals surface area contributed by atoms with Gasteiger partial charge in [-0.1, -0.05) is 5.16 Å². The highest BCUT2D eigenvalue weighted by atomic mass is 16.5. The first kappa shape index (κ1) is 63.5. The quantitative estimate of drug-likeness (QED) is 0.0732. The van der Waals surface area contributed by atoms with Gasteiger partial charge in [-0.25, -0.2) is 15.0 Å². The number of hydrogen-bond donors (Lipinski definition) is 0. The summed E-state index contributed by atoms with van der Waals surface area (Å²) in [5, 5.41) is 16.7. The van der Waals surface area contributed by atoms with Gasteiger partial charge in [-0.05, 0) is 74.4 Å². The molecule has 0 aliphatic carbocycles. The second-order valence-corrected chi connectivity index (χ2v) is 22.5. The molecular formula is C71H72N16O8. The summed E-state index contributed by atoms with van der Waals surface area (Å²) in [6.07, 6.45) is 18.7. The number of fused-ring (bicyclic) bond motifs is 3. The molecular weight excluding hydrogens is 1200 g/mol. The molecule has 1 saturated heterocycles. The fourth-order valence-electron chi connectivity index (χ4n) is 11.0. The molecule has 6 aromatic carbocycles. The van der Waals surface area contributed by atoms with Crippen LogP contribution in [-0.2, 0) is 32.4 Å². The average Bonchev–Trinajstić information content (AvgIpc) is 1.04. The van der Waals surface area contributed by atoms with Gasteiger partial charge in [0, 0.05) is 171 Å². The number of nitrogens with zero attached hydrogens (tertiary/aromatic N) is 16. The number of aryl methyl sites for hydroxylation is 4. The lowest BCUT2D eigenvalue weighted by Crippen LogP contribution is -2.28. The molecule has 14 rings (SSSR count). The van der Waals surface area contributed by atoms with E-state index < -0.39 is 0 Å². The number of ether oxygens (including phenoxy) is 7. The normalized spacial score (nSPS) is 12.6. The molecule has 24 nitrogen and oxygen atoms in total. The van der Waals surface area contributed by atoms with E-state index in [2.05, 4.69) is 62.2 Å². The standard InChI is InChI=1S/C25H24N6O3.C25H27N5O3.C21H21N5O2/c1-16-7-22(34-29-16)15-31(19-8-20(32-3)11-21(9-19)33-4)18-5-6-23-24(10-18)28-25(13-26-23)17-12-27-30(2)14-17;1-29-15-17(13-27-29)25-14-26-23-7-6-18(11-24(23)28-25)30(16-20-5-4-8-33-20)19-9-21(31-2)12-22(10-19)32-3;1-25-13-14(11-23-25)21-12-22-19-6-5-15(9-20(19)24-21)26(2)16-7-17(27-3)10-18(8-16)28-4/h5-14H,15H2,1-4H3;6-7,9-15,20H,4-5,8,16H2,1-3H3;5-13H,1-4H3. The molecule has 1 unspecified atom stereocenters. The lowest BCUT2D eigenvalue weighted by Gasteiger charge is -2.28. The summed E-state index contributed by atoms with van der Waals surface area (Å²) in [7, 11) is 17.5. The van der Waals surface area contributed by atoms with Crippen molar-refractivity contribution < 1.29 is 37.7 Å². The molecule has 7 aromatic heterocycles. The van der Waals surface area contributed by atoms with E-state index in [1.807, 2.05) is 157 Å². The highest BCUT2D eigenvalue weighted by Crippen LogP contribution is 2.39. The molecule has 1 fully saturated rings. The van der Waals surface area contributed by atoms with Gasteiger partial charge in [0.25, 0.3) is 0 Å². The number of aromatic nitrogens is 13. The van der Waals surface area contributed by atoms with Crippen molar-refractivity contribution in [1.82, 2.24) is 64.4 Å². The lowest BCUT2D eigenvalue weighted by atomic mass is 10.1. The third-order valence-electron chi connectivity index (χ3n) is 16.0. The Morgan fingerprint density at radius 3 is 1.20 bits per heavy atom. The molecule has 13 aromatic rings. The van der Waals surface area contributed by atoms with Gasteiger partial charge in [0.05, 0.1) is 148 Å². The first-order valence-corrected chi connectivity index (χ1v) is 30.5. The molecule has 0 N–H and O–H groups in total. The summed E-state index contributed by atoms with van der Waals surface area (Å²) < 4.78 is 49.6. The number of hydrogen-bond acceptors (Lipinski definition) is 21. The van der Waals surface area contributed by atoms with Gasteiger partial charge in [-0.15, -0.1) is 0 Å². The van der Waals surface area contributed by atoms with E-state index in [4.69, 9.17) is 52.6 Å². The Bertz CT molecular complexity index is 4740. The lowest BCUT2D eigenvalue weighted by molar-refractivity contribution is 0.117. The molecule has 1 atom stereocenters. The Labute approximate surface area is 548 Å². The Hall–Kier alpha value is -11.7. The van der Waals surface area contributed by atoms with Crippen LogP contribution >= 0.6 is 0 Å². The average molecular weight is 1280 g/mol. The summed E-state index contributed by atoms with van der Waals surface area (Å²) in [5.41, 5.74) is 16.6. The Morgan fingerprint density at radius 2 is 0.832 bits per heavy atom. The van der Waals surface area contributed by atoms with Gasteiger partial charge >= 0.3 is 0 Å². The molecule has 95 heavy (non-hydrogen) atoms. The fourth-order valence-corrected chi connectivity index (χ4v) is 11.0. The van der Waals surface area contributed by atoms with Crippen molar-refractivity contribution in [3.8, 4) is 68.3 Å². The van der Waals surface area contributed by atoms with Gasteiger partial charge < -0.3 is 52.4 Å². The molecule has 8 heterocycles. The highest BCUT2D eigenvalue weighted by Gasteiger charge is 2.24. The van der Waals surface area contributed by atoms with Crippen LogP contribution in [0.2, 0.25) is 0 Å². The van der Waals surface area contributed by atoms with Gasteiger partial charge in [-0.2, -0.15) is 15.3 Å². The summed E-state index contributed by atoms with van der Waals surface area (Å²) in [6.45, 7) is 3.88. The van der Waals surface area contributed by atoms with Crippen molar-refractivity contribution >= 4 is 67.2 Å². The van der Waals surface area contributed by atoms with E-state index in [9.17, 15) is 0 Å². The van der Waals surface area contributed by atoms with E-state index in [-0.39, 0.29) is 6.10 Å². The first-order chi connectivity index (χ1) is 46.2. The second-order valence-electron chi connectivity index (χ2n) is 22.5. The van der Waals surface area contributed by atoms with Gasteiger partial charge in [-0.3, -0.25) is 29.0 Å². The predicted octanol–water partition coefficient (Wildman–Crippen LogP) is 12.9. The molecule has 24 heteroatoms. The zero-order chi connectivity index (χ0) is 66.1. The van der Waals surface area contributed by atoms with Crippen molar-refractivity contribution in [1.29, 1.82) is 0 Å². The molecule has 0 bridgehead atoms. The molecule has 0 radical (unpaired) electrons. The molecule has 0 saturated carbocycles. The summed E-state index contributed by atoms with van der Waals surface area (Å²) >= 11 is 0. The number of rotatable bonds is 19. The van der Waals surface area contributed by atoms with Gasteiger partial charge in [0.2, 0.25) is 0 Å². The second kappa shape index (κ2) is 28.5. The minimum absolute atomic E-state index is 0.158. The summed E-state index contributed by atoms with van der Waals surface area (Å²) in [4.78, 5) is 34.6. The monoisotopic (exact) mass is 1280 g/mol. The van der Waals surface area contributed by atoms with Gasteiger partial charge in [0.15, 0.2) is 5.76 Å². The van der Waals surface area contributed by atoms with Gasteiger partial charge in [0.1, 0.15) is 34.5 Å².